The van der Waals surface area contributed by atoms with E-state index in [0.717, 1.165) is 17.7 Å². The van der Waals surface area contributed by atoms with E-state index >= 15 is 0 Å². The van der Waals surface area contributed by atoms with E-state index in [1.165, 1.54) is 5.56 Å². The number of para-hydroxylation sites is 1. The summed E-state index contributed by atoms with van der Waals surface area (Å²) in [5.74, 6) is 0.939. The fourth-order valence-corrected chi connectivity index (χ4v) is 3.14. The van der Waals surface area contributed by atoms with Gasteiger partial charge in [0.15, 0.2) is 0 Å². The molecule has 3 rings (SSSR count). The van der Waals surface area contributed by atoms with Crippen molar-refractivity contribution in [2.45, 2.75) is 25.3 Å². The van der Waals surface area contributed by atoms with Crippen LogP contribution in [0.5, 0.6) is 5.75 Å². The third kappa shape index (κ3) is 3.60. The largest absolute Gasteiger partial charge is 0.493 e. The lowest BCUT2D eigenvalue weighted by atomic mass is 9.92. The van der Waals surface area contributed by atoms with Gasteiger partial charge in [0.25, 0.3) is 0 Å². The fraction of sp³-hybridized carbons (Fsp3) is 0.350. The average Bonchev–Trinajstić information content (AvgIpc) is 2.65. The molecule has 0 aromatic heterocycles. The van der Waals surface area contributed by atoms with E-state index in [4.69, 9.17) is 10.5 Å². The summed E-state index contributed by atoms with van der Waals surface area (Å²) in [5, 5.41) is 3.07. The Labute approximate surface area is 143 Å². The minimum Gasteiger partial charge on any atom is -0.493 e. The molecule has 0 bridgehead atoms. The zero-order valence-corrected chi connectivity index (χ0v) is 13.9. The van der Waals surface area contributed by atoms with Crippen LogP contribution in [-0.2, 0) is 4.79 Å². The molecular formula is C20H24N2O2. The second-order valence-electron chi connectivity index (χ2n) is 6.34. The topological polar surface area (TPSA) is 64.3 Å². The molecule has 0 aliphatic carbocycles. The maximum absolute atomic E-state index is 12.5. The molecule has 0 saturated heterocycles. The Kier molecular flexibility index (Phi) is 5.16. The van der Waals surface area contributed by atoms with Crippen molar-refractivity contribution in [1.82, 2.24) is 5.32 Å². The first kappa shape index (κ1) is 16.5. The third-order valence-corrected chi connectivity index (χ3v) is 4.74. The molecule has 0 spiro atoms. The van der Waals surface area contributed by atoms with E-state index in [-0.39, 0.29) is 17.9 Å². The summed E-state index contributed by atoms with van der Waals surface area (Å²) in [7, 11) is 0. The van der Waals surface area contributed by atoms with E-state index in [1.54, 1.807) is 0 Å². The van der Waals surface area contributed by atoms with Crippen molar-refractivity contribution < 1.29 is 9.53 Å². The molecular weight excluding hydrogens is 300 g/mol. The van der Waals surface area contributed by atoms with Crippen LogP contribution >= 0.6 is 0 Å². The number of carbonyl (C=O) groups excluding carboxylic acids is 1. The molecule has 126 valence electrons. The van der Waals surface area contributed by atoms with Gasteiger partial charge in [-0.25, -0.2) is 0 Å². The van der Waals surface area contributed by atoms with E-state index in [0.29, 0.717) is 19.1 Å². The maximum atomic E-state index is 12.5. The summed E-state index contributed by atoms with van der Waals surface area (Å²) in [6.07, 6.45) is 0.913. The molecule has 3 unspecified atom stereocenters. The van der Waals surface area contributed by atoms with Crippen LogP contribution in [0, 0.1) is 5.92 Å². The van der Waals surface area contributed by atoms with Crippen LogP contribution in [0.2, 0.25) is 0 Å². The Morgan fingerprint density at radius 2 is 1.92 bits per heavy atom. The van der Waals surface area contributed by atoms with Gasteiger partial charge in [0.05, 0.1) is 12.5 Å². The molecule has 4 nitrogen and oxygen atoms in total. The number of fused-ring (bicyclic) bond motifs is 1. The summed E-state index contributed by atoms with van der Waals surface area (Å²) >= 11 is 0. The predicted octanol–water partition coefficient (Wildman–Crippen LogP) is 3.01. The van der Waals surface area contributed by atoms with E-state index in [1.807, 2.05) is 55.5 Å². The molecule has 3 atom stereocenters. The maximum Gasteiger partial charge on any atom is 0.224 e. The van der Waals surface area contributed by atoms with E-state index in [9.17, 15) is 4.79 Å². The third-order valence-electron chi connectivity index (χ3n) is 4.74. The summed E-state index contributed by atoms with van der Waals surface area (Å²) in [6, 6.07) is 17.5. The zero-order chi connectivity index (χ0) is 16.9. The Morgan fingerprint density at radius 3 is 2.71 bits per heavy atom. The smallest absolute Gasteiger partial charge is 0.224 e. The van der Waals surface area contributed by atoms with Gasteiger partial charge in [-0.3, -0.25) is 4.79 Å². The molecule has 1 heterocycles. The van der Waals surface area contributed by atoms with Gasteiger partial charge in [0.2, 0.25) is 5.91 Å². The molecule has 1 aliphatic heterocycles. The van der Waals surface area contributed by atoms with Crippen LogP contribution in [0.1, 0.15) is 36.4 Å². The Bertz CT molecular complexity index is 687. The number of hydrogen-bond acceptors (Lipinski definition) is 3. The van der Waals surface area contributed by atoms with Gasteiger partial charge in [0, 0.05) is 18.5 Å². The summed E-state index contributed by atoms with van der Waals surface area (Å²) < 4.78 is 5.67. The van der Waals surface area contributed by atoms with Crippen LogP contribution in [0.15, 0.2) is 54.6 Å². The molecule has 4 heteroatoms. The molecule has 2 aromatic rings. The van der Waals surface area contributed by atoms with Crippen LogP contribution in [0.25, 0.3) is 0 Å². The number of ether oxygens (including phenoxy) is 1. The highest BCUT2D eigenvalue weighted by Gasteiger charge is 2.25. The van der Waals surface area contributed by atoms with Gasteiger partial charge >= 0.3 is 0 Å². The zero-order valence-electron chi connectivity index (χ0n) is 13.9. The quantitative estimate of drug-likeness (QED) is 0.888. The Hall–Kier alpha value is -2.33. The van der Waals surface area contributed by atoms with Crippen molar-refractivity contribution in [2.24, 2.45) is 11.7 Å². The van der Waals surface area contributed by atoms with Crippen molar-refractivity contribution in [3.63, 3.8) is 0 Å². The van der Waals surface area contributed by atoms with Gasteiger partial charge in [-0.15, -0.1) is 0 Å². The Morgan fingerprint density at radius 1 is 1.21 bits per heavy atom. The predicted molar refractivity (Wildman–Crippen MR) is 94.8 cm³/mol. The monoisotopic (exact) mass is 324 g/mol. The average molecular weight is 324 g/mol. The van der Waals surface area contributed by atoms with Gasteiger partial charge < -0.3 is 15.8 Å². The standard InChI is InChI=1S/C20H24N2O2/c1-14(19(21)15-7-3-2-4-8-15)20(23)22-13-16-11-12-24-18-10-6-5-9-17(16)18/h2-10,14,16,19H,11-13,21H2,1H3,(H,22,23). The summed E-state index contributed by atoms with van der Waals surface area (Å²) in [6.45, 7) is 3.19. The molecule has 0 saturated carbocycles. The molecule has 0 fully saturated rings. The van der Waals surface area contributed by atoms with Gasteiger partial charge in [0.1, 0.15) is 5.75 Å². The minimum atomic E-state index is -0.298. The van der Waals surface area contributed by atoms with Gasteiger partial charge in [-0.05, 0) is 23.6 Å². The Balaban J connectivity index is 1.60. The highest BCUT2D eigenvalue weighted by Crippen LogP contribution is 2.32. The van der Waals surface area contributed by atoms with Crippen LogP contribution < -0.4 is 15.8 Å². The second-order valence-corrected chi connectivity index (χ2v) is 6.34. The SMILES string of the molecule is CC(C(=O)NCC1CCOc2ccccc21)C(N)c1ccccc1. The normalized spacial score (nSPS) is 18.8. The lowest BCUT2D eigenvalue weighted by Gasteiger charge is -2.27. The molecule has 2 aromatic carbocycles. The van der Waals surface area contributed by atoms with Gasteiger partial charge in [-0.2, -0.15) is 0 Å². The lowest BCUT2D eigenvalue weighted by molar-refractivity contribution is -0.125. The van der Waals surface area contributed by atoms with Crippen molar-refractivity contribution in [3.05, 3.63) is 65.7 Å². The first-order chi connectivity index (χ1) is 11.7. The van der Waals surface area contributed by atoms with Crippen molar-refractivity contribution in [2.75, 3.05) is 13.2 Å². The second kappa shape index (κ2) is 7.49. The number of rotatable bonds is 5. The minimum absolute atomic E-state index is 0.00433. The number of nitrogens with two attached hydrogens (primary N) is 1. The highest BCUT2D eigenvalue weighted by molar-refractivity contribution is 5.79. The van der Waals surface area contributed by atoms with E-state index < -0.39 is 0 Å². The number of benzene rings is 2. The van der Waals surface area contributed by atoms with Crippen molar-refractivity contribution in [3.8, 4) is 5.75 Å². The number of hydrogen-bond donors (Lipinski definition) is 2. The van der Waals surface area contributed by atoms with Crippen LogP contribution in [0.4, 0.5) is 0 Å². The molecule has 0 radical (unpaired) electrons. The molecule has 24 heavy (non-hydrogen) atoms. The van der Waals surface area contributed by atoms with Crippen LogP contribution in [-0.4, -0.2) is 19.1 Å². The van der Waals surface area contributed by atoms with Crippen LogP contribution in [0.3, 0.4) is 0 Å². The molecule has 1 aliphatic rings. The number of carbonyl (C=O) groups is 1. The highest BCUT2D eigenvalue weighted by atomic mass is 16.5. The van der Waals surface area contributed by atoms with Gasteiger partial charge in [-0.1, -0.05) is 55.5 Å². The first-order valence-electron chi connectivity index (χ1n) is 8.47. The summed E-state index contributed by atoms with van der Waals surface area (Å²) in [5.41, 5.74) is 8.40. The van der Waals surface area contributed by atoms with Crippen molar-refractivity contribution >= 4 is 5.91 Å². The fourth-order valence-electron chi connectivity index (χ4n) is 3.14. The number of amides is 1. The van der Waals surface area contributed by atoms with E-state index in [2.05, 4.69) is 11.4 Å². The molecule has 1 amide bonds. The lowest BCUT2D eigenvalue weighted by Crippen LogP contribution is -2.38. The first-order valence-corrected chi connectivity index (χ1v) is 8.47. The summed E-state index contributed by atoms with van der Waals surface area (Å²) in [4.78, 5) is 12.5. The van der Waals surface area contributed by atoms with Crippen molar-refractivity contribution in [1.29, 1.82) is 0 Å². The molecule has 3 N–H and O–H groups in total. The number of nitrogens with one attached hydrogen (secondary N) is 1.